The summed E-state index contributed by atoms with van der Waals surface area (Å²) >= 11 is 5.19. The van der Waals surface area contributed by atoms with Crippen molar-refractivity contribution in [1.29, 1.82) is 0 Å². The number of carbonyl (C=O) groups excluding carboxylic acids is 1. The molecule has 2 aromatic rings. The van der Waals surface area contributed by atoms with E-state index in [4.69, 9.17) is 21.7 Å². The van der Waals surface area contributed by atoms with Gasteiger partial charge in [-0.2, -0.15) is 0 Å². The highest BCUT2D eigenvalue weighted by Crippen LogP contribution is 2.25. The molecule has 2 aromatic carbocycles. The summed E-state index contributed by atoms with van der Waals surface area (Å²) in [6.07, 6.45) is 0. The van der Waals surface area contributed by atoms with Crippen LogP contribution in [0.5, 0.6) is 11.5 Å². The minimum atomic E-state index is -0.329. The van der Waals surface area contributed by atoms with Crippen LogP contribution in [0.4, 0.5) is 5.69 Å². The highest BCUT2D eigenvalue weighted by atomic mass is 32.1. The van der Waals surface area contributed by atoms with Gasteiger partial charge in [-0.3, -0.25) is 10.1 Å². The summed E-state index contributed by atoms with van der Waals surface area (Å²) in [6, 6.07) is 11.5. The molecule has 0 aliphatic carbocycles. The highest BCUT2D eigenvalue weighted by Gasteiger charge is 2.10. The Morgan fingerprint density at radius 1 is 1.04 bits per heavy atom. The molecule has 0 fully saturated rings. The number of anilines is 1. The second kappa shape index (κ2) is 8.48. The first kappa shape index (κ1) is 18.7. The minimum absolute atomic E-state index is 0.114. The monoisotopic (exact) mass is 358 g/mol. The van der Waals surface area contributed by atoms with Gasteiger partial charge in [-0.15, -0.1) is 0 Å². The van der Waals surface area contributed by atoms with Gasteiger partial charge in [0.15, 0.2) is 11.7 Å². The molecule has 0 unspecified atom stereocenters. The van der Waals surface area contributed by atoms with E-state index in [-0.39, 0.29) is 17.6 Å². The minimum Gasteiger partial charge on any atom is -0.495 e. The van der Waals surface area contributed by atoms with Crippen LogP contribution in [0, 0.1) is 20.8 Å². The maximum Gasteiger partial charge on any atom is 0.264 e. The molecule has 0 spiro atoms. The molecule has 132 valence electrons. The van der Waals surface area contributed by atoms with Crippen molar-refractivity contribution in [1.82, 2.24) is 5.32 Å². The van der Waals surface area contributed by atoms with Crippen LogP contribution in [0.2, 0.25) is 0 Å². The van der Waals surface area contributed by atoms with Gasteiger partial charge in [0.2, 0.25) is 0 Å². The van der Waals surface area contributed by atoms with Crippen LogP contribution in [0.1, 0.15) is 16.7 Å². The zero-order valence-corrected chi connectivity index (χ0v) is 15.6. The molecule has 0 radical (unpaired) electrons. The lowest BCUT2D eigenvalue weighted by Crippen LogP contribution is -2.37. The third-order valence-corrected chi connectivity index (χ3v) is 3.76. The van der Waals surface area contributed by atoms with Crippen LogP contribution in [0.15, 0.2) is 36.4 Å². The number of aryl methyl sites for hydroxylation is 3. The third-order valence-electron chi connectivity index (χ3n) is 3.56. The van der Waals surface area contributed by atoms with Gasteiger partial charge in [0.05, 0.1) is 12.8 Å². The van der Waals surface area contributed by atoms with E-state index < -0.39 is 0 Å². The number of methoxy groups -OCH3 is 1. The lowest BCUT2D eigenvalue weighted by atomic mass is 10.1. The van der Waals surface area contributed by atoms with E-state index in [2.05, 4.69) is 10.6 Å². The Kier molecular flexibility index (Phi) is 6.36. The lowest BCUT2D eigenvalue weighted by molar-refractivity contribution is -0.121. The number of ether oxygens (including phenoxy) is 2. The topological polar surface area (TPSA) is 59.6 Å². The van der Waals surface area contributed by atoms with Crippen LogP contribution in [-0.2, 0) is 4.79 Å². The van der Waals surface area contributed by atoms with E-state index in [9.17, 15) is 4.79 Å². The Labute approximate surface area is 153 Å². The van der Waals surface area contributed by atoms with Crippen LogP contribution < -0.4 is 20.1 Å². The second-order valence-corrected chi connectivity index (χ2v) is 6.17. The summed E-state index contributed by atoms with van der Waals surface area (Å²) in [6.45, 7) is 5.75. The van der Waals surface area contributed by atoms with Crippen molar-refractivity contribution in [3.8, 4) is 11.5 Å². The van der Waals surface area contributed by atoms with Crippen molar-refractivity contribution >= 4 is 28.9 Å². The Balaban J connectivity index is 1.91. The molecule has 0 aliphatic rings. The van der Waals surface area contributed by atoms with Crippen molar-refractivity contribution in [3.05, 3.63) is 53.1 Å². The number of benzene rings is 2. The summed E-state index contributed by atoms with van der Waals surface area (Å²) < 4.78 is 10.8. The SMILES string of the molecule is COc1ccc(C)cc1NC(=S)NC(=O)COc1cc(C)ccc1C. The van der Waals surface area contributed by atoms with Gasteiger partial charge in [-0.1, -0.05) is 18.2 Å². The molecule has 0 heterocycles. The van der Waals surface area contributed by atoms with Gasteiger partial charge in [-0.05, 0) is 67.9 Å². The molecule has 1 amide bonds. The summed E-state index contributed by atoms with van der Waals surface area (Å²) in [5.74, 6) is 1.01. The van der Waals surface area contributed by atoms with E-state index in [1.165, 1.54) is 0 Å². The number of amides is 1. The van der Waals surface area contributed by atoms with E-state index in [1.807, 2.05) is 57.2 Å². The maximum absolute atomic E-state index is 12.0. The van der Waals surface area contributed by atoms with Gasteiger partial charge >= 0.3 is 0 Å². The van der Waals surface area contributed by atoms with Gasteiger partial charge in [0, 0.05) is 0 Å². The maximum atomic E-state index is 12.0. The Hall–Kier alpha value is -2.60. The van der Waals surface area contributed by atoms with Crippen LogP contribution >= 0.6 is 12.2 Å². The van der Waals surface area contributed by atoms with Crippen molar-refractivity contribution in [2.24, 2.45) is 0 Å². The van der Waals surface area contributed by atoms with Gasteiger partial charge in [0.25, 0.3) is 5.91 Å². The fourth-order valence-corrected chi connectivity index (χ4v) is 2.47. The number of hydrogen-bond acceptors (Lipinski definition) is 4. The van der Waals surface area contributed by atoms with Crippen LogP contribution in [0.25, 0.3) is 0 Å². The number of nitrogens with one attached hydrogen (secondary N) is 2. The molecular formula is C19H22N2O3S. The molecule has 2 N–H and O–H groups in total. The van der Waals surface area contributed by atoms with Gasteiger partial charge in [0.1, 0.15) is 11.5 Å². The first-order valence-electron chi connectivity index (χ1n) is 7.84. The molecule has 0 saturated carbocycles. The second-order valence-electron chi connectivity index (χ2n) is 5.76. The Morgan fingerprint density at radius 3 is 2.44 bits per heavy atom. The van der Waals surface area contributed by atoms with Crippen molar-refractivity contribution < 1.29 is 14.3 Å². The molecule has 2 rings (SSSR count). The third kappa shape index (κ3) is 5.46. The predicted octanol–water partition coefficient (Wildman–Crippen LogP) is 3.51. The molecule has 0 atom stereocenters. The molecule has 25 heavy (non-hydrogen) atoms. The average Bonchev–Trinajstić information content (AvgIpc) is 2.56. The van der Waals surface area contributed by atoms with Crippen molar-refractivity contribution in [3.63, 3.8) is 0 Å². The first-order valence-corrected chi connectivity index (χ1v) is 8.25. The molecule has 0 aliphatic heterocycles. The average molecular weight is 358 g/mol. The smallest absolute Gasteiger partial charge is 0.264 e. The molecule has 6 heteroatoms. The Bertz CT molecular complexity index is 790. The molecule has 0 aromatic heterocycles. The largest absolute Gasteiger partial charge is 0.495 e. The number of rotatable bonds is 5. The number of hydrogen-bond donors (Lipinski definition) is 2. The van der Waals surface area contributed by atoms with E-state index in [0.717, 1.165) is 16.7 Å². The summed E-state index contributed by atoms with van der Waals surface area (Å²) in [7, 11) is 1.58. The van der Waals surface area contributed by atoms with Crippen molar-refractivity contribution in [2.45, 2.75) is 20.8 Å². The van der Waals surface area contributed by atoms with Crippen LogP contribution in [-0.4, -0.2) is 24.7 Å². The first-order chi connectivity index (χ1) is 11.9. The summed E-state index contributed by atoms with van der Waals surface area (Å²) in [5.41, 5.74) is 3.80. The van der Waals surface area contributed by atoms with Gasteiger partial charge < -0.3 is 14.8 Å². The number of thiocarbonyl (C=S) groups is 1. The molecule has 0 bridgehead atoms. The fraction of sp³-hybridized carbons (Fsp3) is 0.263. The lowest BCUT2D eigenvalue weighted by Gasteiger charge is -2.14. The summed E-state index contributed by atoms with van der Waals surface area (Å²) in [4.78, 5) is 12.0. The van der Waals surface area contributed by atoms with Crippen LogP contribution in [0.3, 0.4) is 0 Å². The molecule has 0 saturated heterocycles. The highest BCUT2D eigenvalue weighted by molar-refractivity contribution is 7.80. The van der Waals surface area contributed by atoms with Crippen molar-refractivity contribution in [2.75, 3.05) is 19.0 Å². The summed E-state index contributed by atoms with van der Waals surface area (Å²) in [5, 5.41) is 5.77. The number of carbonyl (C=O) groups is 1. The van der Waals surface area contributed by atoms with E-state index >= 15 is 0 Å². The van der Waals surface area contributed by atoms with E-state index in [1.54, 1.807) is 7.11 Å². The quantitative estimate of drug-likeness (QED) is 0.801. The fourth-order valence-electron chi connectivity index (χ4n) is 2.24. The predicted molar refractivity (Wildman–Crippen MR) is 104 cm³/mol. The zero-order valence-electron chi connectivity index (χ0n) is 14.8. The standard InChI is InChI=1S/C19H22N2O3S/c1-12-6-8-16(23-4)15(9-12)20-19(25)21-18(22)11-24-17-10-13(2)5-7-14(17)3/h5-10H,11H2,1-4H3,(H2,20,21,22,25). The van der Waals surface area contributed by atoms with E-state index in [0.29, 0.717) is 17.2 Å². The Morgan fingerprint density at radius 2 is 1.72 bits per heavy atom. The normalized spacial score (nSPS) is 10.1. The molecular weight excluding hydrogens is 336 g/mol. The molecule has 5 nitrogen and oxygen atoms in total. The zero-order chi connectivity index (χ0) is 18.4. The van der Waals surface area contributed by atoms with Gasteiger partial charge in [-0.25, -0.2) is 0 Å².